The van der Waals surface area contributed by atoms with Crippen molar-refractivity contribution in [2.45, 2.75) is 25.7 Å². The smallest absolute Gasteiger partial charge is 0.404 e. The second-order valence-corrected chi connectivity index (χ2v) is 6.28. The molecule has 0 fully saturated rings. The molecule has 2 N–H and O–H groups in total. The van der Waals surface area contributed by atoms with E-state index in [1.807, 2.05) is 30.3 Å². The Kier molecular flexibility index (Phi) is 9.28. The third kappa shape index (κ3) is 9.32. The first-order valence-corrected chi connectivity index (χ1v) is 9.34. The number of hydrogen-bond acceptors (Lipinski definition) is 5. The van der Waals surface area contributed by atoms with Crippen LogP contribution in [0.4, 0.5) is 18.9 Å². The van der Waals surface area contributed by atoms with Gasteiger partial charge in [-0.1, -0.05) is 24.3 Å². The topological polar surface area (TPSA) is 66.3 Å². The summed E-state index contributed by atoms with van der Waals surface area (Å²) >= 11 is 0. The second-order valence-electron chi connectivity index (χ2n) is 6.28. The van der Waals surface area contributed by atoms with Crippen LogP contribution in [0.15, 0.2) is 48.5 Å². The number of nitriles is 1. The van der Waals surface area contributed by atoms with Crippen LogP contribution in [0.5, 0.6) is 5.75 Å². The van der Waals surface area contributed by atoms with E-state index in [9.17, 15) is 13.2 Å². The normalized spacial score (nSPS) is 11.1. The SMILES string of the molecule is N#Cc1cc(CNCCCCOCCNc2ccccc2)ccc1OC(F)(F)F. The van der Waals surface area contributed by atoms with E-state index < -0.39 is 12.1 Å². The first-order chi connectivity index (χ1) is 14.0. The summed E-state index contributed by atoms with van der Waals surface area (Å²) in [5, 5.41) is 15.5. The summed E-state index contributed by atoms with van der Waals surface area (Å²) in [6.07, 6.45) is -3.00. The molecule has 0 heterocycles. The molecule has 0 spiro atoms. The van der Waals surface area contributed by atoms with E-state index in [1.54, 1.807) is 6.07 Å². The van der Waals surface area contributed by atoms with Crippen molar-refractivity contribution in [2.24, 2.45) is 0 Å². The zero-order valence-electron chi connectivity index (χ0n) is 16.0. The fraction of sp³-hybridized carbons (Fsp3) is 0.381. The van der Waals surface area contributed by atoms with Crippen LogP contribution in [0.1, 0.15) is 24.0 Å². The maximum atomic E-state index is 12.3. The summed E-state index contributed by atoms with van der Waals surface area (Å²) in [5.74, 6) is -0.484. The molecule has 0 saturated carbocycles. The Morgan fingerprint density at radius 2 is 1.76 bits per heavy atom. The molecule has 0 amide bonds. The van der Waals surface area contributed by atoms with Crippen molar-refractivity contribution in [3.05, 3.63) is 59.7 Å². The Labute approximate surface area is 168 Å². The van der Waals surface area contributed by atoms with Crippen molar-refractivity contribution in [2.75, 3.05) is 31.6 Å². The molecule has 5 nitrogen and oxygen atoms in total. The molecule has 156 valence electrons. The molecule has 2 rings (SSSR count). The highest BCUT2D eigenvalue weighted by atomic mass is 19.4. The lowest BCUT2D eigenvalue weighted by Gasteiger charge is -2.11. The summed E-state index contributed by atoms with van der Waals surface area (Å²) in [4.78, 5) is 0. The van der Waals surface area contributed by atoms with Crippen LogP contribution < -0.4 is 15.4 Å². The molecule has 8 heteroatoms. The van der Waals surface area contributed by atoms with E-state index in [1.165, 1.54) is 18.2 Å². The summed E-state index contributed by atoms with van der Waals surface area (Å²) < 4.78 is 46.3. The van der Waals surface area contributed by atoms with Crippen molar-refractivity contribution in [3.63, 3.8) is 0 Å². The Hall–Kier alpha value is -2.76. The van der Waals surface area contributed by atoms with Crippen molar-refractivity contribution in [1.29, 1.82) is 5.26 Å². The zero-order chi connectivity index (χ0) is 21.0. The number of benzene rings is 2. The average Bonchev–Trinajstić information content (AvgIpc) is 2.70. The Balaban J connectivity index is 1.54. The van der Waals surface area contributed by atoms with Gasteiger partial charge in [0.2, 0.25) is 0 Å². The van der Waals surface area contributed by atoms with E-state index >= 15 is 0 Å². The molecule has 2 aromatic rings. The monoisotopic (exact) mass is 407 g/mol. The van der Waals surface area contributed by atoms with Gasteiger partial charge in [-0.15, -0.1) is 13.2 Å². The molecule has 0 unspecified atom stereocenters. The number of anilines is 1. The Morgan fingerprint density at radius 3 is 2.48 bits per heavy atom. The zero-order valence-corrected chi connectivity index (χ0v) is 16.0. The van der Waals surface area contributed by atoms with E-state index in [-0.39, 0.29) is 5.56 Å². The number of para-hydroxylation sites is 1. The molecule has 2 aromatic carbocycles. The highest BCUT2D eigenvalue weighted by Crippen LogP contribution is 2.26. The van der Waals surface area contributed by atoms with Crippen LogP contribution in [0.25, 0.3) is 0 Å². The summed E-state index contributed by atoms with van der Waals surface area (Å²) in [6.45, 7) is 3.25. The lowest BCUT2D eigenvalue weighted by atomic mass is 10.1. The van der Waals surface area contributed by atoms with Gasteiger partial charge in [-0.05, 0) is 49.2 Å². The minimum absolute atomic E-state index is 0.140. The summed E-state index contributed by atoms with van der Waals surface area (Å²) in [7, 11) is 0. The van der Waals surface area contributed by atoms with Crippen LogP contribution in [-0.2, 0) is 11.3 Å². The first-order valence-electron chi connectivity index (χ1n) is 9.34. The number of halogens is 3. The molecule has 0 bridgehead atoms. The van der Waals surface area contributed by atoms with Crippen LogP contribution in [0.3, 0.4) is 0 Å². The van der Waals surface area contributed by atoms with Gasteiger partial charge in [0.15, 0.2) is 0 Å². The molecule has 0 atom stereocenters. The molecule has 0 radical (unpaired) electrons. The van der Waals surface area contributed by atoms with Crippen LogP contribution in [-0.4, -0.2) is 32.7 Å². The number of unbranched alkanes of at least 4 members (excludes halogenated alkanes) is 1. The number of alkyl halides is 3. The Bertz CT molecular complexity index is 777. The van der Waals surface area contributed by atoms with Crippen molar-refractivity contribution in [1.82, 2.24) is 5.32 Å². The van der Waals surface area contributed by atoms with Crippen LogP contribution >= 0.6 is 0 Å². The quantitative estimate of drug-likeness (QED) is 0.509. The lowest BCUT2D eigenvalue weighted by Crippen LogP contribution is -2.18. The number of nitrogens with one attached hydrogen (secondary N) is 2. The molecule has 29 heavy (non-hydrogen) atoms. The minimum atomic E-state index is -4.81. The number of ether oxygens (including phenoxy) is 2. The Morgan fingerprint density at radius 1 is 0.966 bits per heavy atom. The number of hydrogen-bond donors (Lipinski definition) is 2. The van der Waals surface area contributed by atoms with E-state index in [4.69, 9.17) is 10.00 Å². The molecular formula is C21H24F3N3O2. The molecule has 0 aromatic heterocycles. The van der Waals surface area contributed by atoms with Gasteiger partial charge < -0.3 is 20.1 Å². The number of nitrogens with zero attached hydrogens (tertiary/aromatic N) is 1. The van der Waals surface area contributed by atoms with E-state index in [0.717, 1.165) is 37.2 Å². The summed E-state index contributed by atoms with van der Waals surface area (Å²) in [6, 6.07) is 15.7. The van der Waals surface area contributed by atoms with Gasteiger partial charge in [0, 0.05) is 25.4 Å². The maximum Gasteiger partial charge on any atom is 0.573 e. The second kappa shape index (κ2) is 11.9. The average molecular weight is 407 g/mol. The minimum Gasteiger partial charge on any atom is -0.404 e. The van der Waals surface area contributed by atoms with Gasteiger partial charge >= 0.3 is 6.36 Å². The lowest BCUT2D eigenvalue weighted by molar-refractivity contribution is -0.274. The standard InChI is InChI=1S/C21H24F3N3O2/c22-21(23,24)29-20-9-8-17(14-18(20)15-25)16-26-10-4-5-12-28-13-11-27-19-6-2-1-3-7-19/h1-3,6-9,14,26-27H,4-5,10-13,16H2. The molecule has 0 aliphatic rings. The van der Waals surface area contributed by atoms with Gasteiger partial charge in [-0.25, -0.2) is 0 Å². The summed E-state index contributed by atoms with van der Waals surface area (Å²) in [5.41, 5.74) is 1.65. The van der Waals surface area contributed by atoms with Crippen molar-refractivity contribution < 1.29 is 22.6 Å². The molecule has 0 aliphatic carbocycles. The van der Waals surface area contributed by atoms with Gasteiger partial charge in [-0.2, -0.15) is 5.26 Å². The third-order valence-corrected chi connectivity index (χ3v) is 3.96. The van der Waals surface area contributed by atoms with Crippen molar-refractivity contribution in [3.8, 4) is 11.8 Å². The van der Waals surface area contributed by atoms with Gasteiger partial charge in [0.05, 0.1) is 12.2 Å². The molecular weight excluding hydrogens is 383 g/mol. The van der Waals surface area contributed by atoms with Crippen molar-refractivity contribution >= 4 is 5.69 Å². The van der Waals surface area contributed by atoms with Gasteiger partial charge in [0.1, 0.15) is 11.8 Å². The largest absolute Gasteiger partial charge is 0.573 e. The van der Waals surface area contributed by atoms with E-state index in [0.29, 0.717) is 19.8 Å². The maximum absolute atomic E-state index is 12.3. The fourth-order valence-corrected chi connectivity index (χ4v) is 2.60. The highest BCUT2D eigenvalue weighted by molar-refractivity contribution is 5.45. The highest BCUT2D eigenvalue weighted by Gasteiger charge is 2.32. The fourth-order valence-electron chi connectivity index (χ4n) is 2.60. The predicted octanol–water partition coefficient (Wildman–Crippen LogP) is 4.46. The first kappa shape index (κ1) is 22.5. The van der Waals surface area contributed by atoms with Crippen LogP contribution in [0.2, 0.25) is 0 Å². The van der Waals surface area contributed by atoms with Crippen LogP contribution in [0, 0.1) is 11.3 Å². The van der Waals surface area contributed by atoms with E-state index in [2.05, 4.69) is 15.4 Å². The van der Waals surface area contributed by atoms with Gasteiger partial charge in [-0.3, -0.25) is 0 Å². The predicted molar refractivity (Wildman–Crippen MR) is 105 cm³/mol. The molecule has 0 saturated heterocycles. The van der Waals surface area contributed by atoms with Gasteiger partial charge in [0.25, 0.3) is 0 Å². The molecule has 0 aliphatic heterocycles. The number of rotatable bonds is 12. The third-order valence-electron chi connectivity index (χ3n) is 3.96.